The van der Waals surface area contributed by atoms with Gasteiger partial charge >= 0.3 is 0 Å². The van der Waals surface area contributed by atoms with Crippen molar-refractivity contribution >= 4 is 41.0 Å². The number of H-pyrrole nitrogens is 1. The minimum Gasteiger partial charge on any atom is -0.493 e. The van der Waals surface area contributed by atoms with Gasteiger partial charge in [-0.2, -0.15) is 0 Å². The summed E-state index contributed by atoms with van der Waals surface area (Å²) in [7, 11) is 1.78. The van der Waals surface area contributed by atoms with Crippen LogP contribution in [0.25, 0.3) is 11.0 Å². The van der Waals surface area contributed by atoms with Crippen LogP contribution in [-0.4, -0.2) is 36.1 Å². The van der Waals surface area contributed by atoms with Crippen molar-refractivity contribution in [2.75, 3.05) is 20.2 Å². The van der Waals surface area contributed by atoms with Gasteiger partial charge in [0.15, 0.2) is 5.96 Å². The monoisotopic (exact) mass is 507 g/mol. The van der Waals surface area contributed by atoms with Crippen LogP contribution >= 0.6 is 24.0 Å². The first-order valence-corrected chi connectivity index (χ1v) is 9.80. The zero-order chi connectivity index (χ0) is 19.8. The third-order valence-corrected chi connectivity index (χ3v) is 4.45. The average Bonchev–Trinajstić information content (AvgIpc) is 3.12. The molecule has 2 aromatic carbocycles. The quantitative estimate of drug-likeness (QED) is 0.243. The van der Waals surface area contributed by atoms with Gasteiger partial charge in [0.2, 0.25) is 0 Å². The fourth-order valence-electron chi connectivity index (χ4n) is 2.98. The van der Waals surface area contributed by atoms with Gasteiger partial charge in [-0.05, 0) is 37.1 Å². The SMILES string of the molecule is CCCOc1cc(C)ccc1CNC(=NC)NCCc1nc2ccccc2[nH]1.I. The number of hydrogen-bond acceptors (Lipinski definition) is 3. The lowest BCUT2D eigenvalue weighted by Gasteiger charge is -2.15. The largest absolute Gasteiger partial charge is 0.493 e. The second-order valence-corrected chi connectivity index (χ2v) is 6.76. The molecular formula is C22H30IN5O. The van der Waals surface area contributed by atoms with Crippen LogP contribution < -0.4 is 15.4 Å². The maximum atomic E-state index is 5.89. The number of para-hydroxylation sites is 2. The lowest BCUT2D eigenvalue weighted by atomic mass is 10.1. The van der Waals surface area contributed by atoms with Crippen LogP contribution in [0.3, 0.4) is 0 Å². The molecule has 0 spiro atoms. The Kier molecular flexibility index (Phi) is 9.24. The lowest BCUT2D eigenvalue weighted by molar-refractivity contribution is 0.313. The van der Waals surface area contributed by atoms with Gasteiger partial charge < -0.3 is 20.4 Å². The van der Waals surface area contributed by atoms with E-state index in [9.17, 15) is 0 Å². The first-order chi connectivity index (χ1) is 13.7. The molecule has 0 saturated carbocycles. The highest BCUT2D eigenvalue weighted by Crippen LogP contribution is 2.20. The summed E-state index contributed by atoms with van der Waals surface area (Å²) in [5.41, 5.74) is 4.39. The van der Waals surface area contributed by atoms with Gasteiger partial charge in [-0.1, -0.05) is 31.2 Å². The number of hydrogen-bond donors (Lipinski definition) is 3. The highest BCUT2D eigenvalue weighted by molar-refractivity contribution is 14.0. The molecule has 0 amide bonds. The second-order valence-electron chi connectivity index (χ2n) is 6.76. The third-order valence-electron chi connectivity index (χ3n) is 4.45. The average molecular weight is 507 g/mol. The highest BCUT2D eigenvalue weighted by atomic mass is 127. The zero-order valence-electron chi connectivity index (χ0n) is 17.3. The van der Waals surface area contributed by atoms with E-state index in [-0.39, 0.29) is 24.0 Å². The van der Waals surface area contributed by atoms with Crippen molar-refractivity contribution in [2.45, 2.75) is 33.2 Å². The maximum Gasteiger partial charge on any atom is 0.191 e. The molecule has 0 radical (unpaired) electrons. The van der Waals surface area contributed by atoms with Gasteiger partial charge in [0.1, 0.15) is 11.6 Å². The number of fused-ring (bicyclic) bond motifs is 1. The minimum absolute atomic E-state index is 0. The van der Waals surface area contributed by atoms with Gasteiger partial charge in [0, 0.05) is 32.1 Å². The Labute approximate surface area is 189 Å². The van der Waals surface area contributed by atoms with Gasteiger partial charge in [0.05, 0.1) is 17.6 Å². The van der Waals surface area contributed by atoms with Gasteiger partial charge in [-0.3, -0.25) is 4.99 Å². The van der Waals surface area contributed by atoms with Crippen LogP contribution in [0.4, 0.5) is 0 Å². The van der Waals surface area contributed by atoms with Gasteiger partial charge in [-0.25, -0.2) is 4.98 Å². The van der Waals surface area contributed by atoms with Crippen LogP contribution in [0, 0.1) is 6.92 Å². The Balaban J connectivity index is 0.00000300. The molecule has 0 fully saturated rings. The number of aryl methyl sites for hydroxylation is 1. The molecule has 0 aliphatic heterocycles. The van der Waals surface area contributed by atoms with E-state index in [1.54, 1.807) is 7.05 Å². The molecule has 1 heterocycles. The molecule has 156 valence electrons. The smallest absolute Gasteiger partial charge is 0.191 e. The van der Waals surface area contributed by atoms with E-state index in [2.05, 4.69) is 57.6 Å². The van der Waals surface area contributed by atoms with Crippen LogP contribution in [0.5, 0.6) is 5.75 Å². The summed E-state index contributed by atoms with van der Waals surface area (Å²) in [6.45, 7) is 6.31. The van der Waals surface area contributed by atoms with Crippen molar-refractivity contribution in [2.24, 2.45) is 4.99 Å². The van der Waals surface area contributed by atoms with E-state index in [1.165, 1.54) is 5.56 Å². The highest BCUT2D eigenvalue weighted by Gasteiger charge is 2.06. The molecule has 29 heavy (non-hydrogen) atoms. The minimum atomic E-state index is 0. The van der Waals surface area contributed by atoms with Gasteiger partial charge in [0.25, 0.3) is 0 Å². The number of aromatic nitrogens is 2. The number of nitrogens with one attached hydrogen (secondary N) is 3. The molecule has 0 aliphatic rings. The first-order valence-electron chi connectivity index (χ1n) is 9.80. The number of guanidine groups is 1. The summed E-state index contributed by atoms with van der Waals surface area (Å²) >= 11 is 0. The van der Waals surface area contributed by atoms with Crippen LogP contribution in [0.15, 0.2) is 47.5 Å². The number of nitrogens with zero attached hydrogens (tertiary/aromatic N) is 2. The van der Waals surface area contributed by atoms with Crippen molar-refractivity contribution < 1.29 is 4.74 Å². The van der Waals surface area contributed by atoms with Crippen molar-refractivity contribution in [1.29, 1.82) is 0 Å². The molecule has 3 N–H and O–H groups in total. The Hall–Kier alpha value is -2.29. The Bertz CT molecular complexity index is 905. The summed E-state index contributed by atoms with van der Waals surface area (Å²) in [6.07, 6.45) is 1.79. The Morgan fingerprint density at radius 1 is 1.17 bits per heavy atom. The number of imidazole rings is 1. The summed E-state index contributed by atoms with van der Waals surface area (Å²) in [5, 5.41) is 6.71. The molecule has 0 saturated heterocycles. The molecule has 3 aromatic rings. The maximum absolute atomic E-state index is 5.89. The second kappa shape index (κ2) is 11.6. The van der Waals surface area contributed by atoms with Crippen LogP contribution in [0.2, 0.25) is 0 Å². The van der Waals surface area contributed by atoms with Crippen molar-refractivity contribution in [3.05, 3.63) is 59.4 Å². The van der Waals surface area contributed by atoms with Crippen molar-refractivity contribution in [3.63, 3.8) is 0 Å². The van der Waals surface area contributed by atoms with E-state index in [0.717, 1.165) is 60.1 Å². The van der Waals surface area contributed by atoms with Crippen LogP contribution in [-0.2, 0) is 13.0 Å². The predicted molar refractivity (Wildman–Crippen MR) is 130 cm³/mol. The Morgan fingerprint density at radius 3 is 2.76 bits per heavy atom. The van der Waals surface area contributed by atoms with Gasteiger partial charge in [-0.15, -0.1) is 24.0 Å². The number of halogens is 1. The van der Waals surface area contributed by atoms with E-state index in [0.29, 0.717) is 6.54 Å². The molecule has 0 atom stereocenters. The summed E-state index contributed by atoms with van der Waals surface area (Å²) in [4.78, 5) is 12.3. The molecule has 6 nitrogen and oxygen atoms in total. The standard InChI is InChI=1S/C22H29N5O.HI/c1-4-13-28-20-14-16(2)9-10-17(20)15-25-22(23-3)24-12-11-21-26-18-7-5-6-8-19(18)27-21;/h5-10,14H,4,11-13,15H2,1-3H3,(H,26,27)(H2,23,24,25);1H. The number of ether oxygens (including phenoxy) is 1. The van der Waals surface area contributed by atoms with Crippen molar-refractivity contribution in [1.82, 2.24) is 20.6 Å². The first kappa shape index (κ1) is 23.0. The fourth-order valence-corrected chi connectivity index (χ4v) is 2.98. The molecule has 0 aliphatic carbocycles. The van der Waals surface area contributed by atoms with Crippen LogP contribution in [0.1, 0.15) is 30.3 Å². The number of rotatable bonds is 8. The summed E-state index contributed by atoms with van der Waals surface area (Å²) < 4.78 is 5.89. The number of aliphatic imine (C=N–C) groups is 1. The van der Waals surface area contributed by atoms with E-state index >= 15 is 0 Å². The molecule has 7 heteroatoms. The van der Waals surface area contributed by atoms with E-state index < -0.39 is 0 Å². The molecule has 0 bridgehead atoms. The molecule has 3 rings (SSSR count). The topological polar surface area (TPSA) is 74.3 Å². The lowest BCUT2D eigenvalue weighted by Crippen LogP contribution is -2.38. The normalized spacial score (nSPS) is 11.2. The molecular weight excluding hydrogens is 477 g/mol. The van der Waals surface area contributed by atoms with E-state index in [4.69, 9.17) is 4.74 Å². The Morgan fingerprint density at radius 2 is 2.00 bits per heavy atom. The third kappa shape index (κ3) is 6.62. The summed E-state index contributed by atoms with van der Waals surface area (Å²) in [6, 6.07) is 14.4. The molecule has 0 unspecified atom stereocenters. The van der Waals surface area contributed by atoms with Crippen molar-refractivity contribution in [3.8, 4) is 5.75 Å². The number of aromatic amines is 1. The fraction of sp³-hybridized carbons (Fsp3) is 0.364. The predicted octanol–water partition coefficient (Wildman–Crippen LogP) is 4.19. The molecule has 1 aromatic heterocycles. The summed E-state index contributed by atoms with van der Waals surface area (Å²) in [5.74, 6) is 2.67. The van der Waals surface area contributed by atoms with E-state index in [1.807, 2.05) is 24.3 Å². The zero-order valence-corrected chi connectivity index (χ0v) is 19.6. The number of benzene rings is 2.